The van der Waals surface area contributed by atoms with Crippen molar-refractivity contribution in [2.75, 3.05) is 26.4 Å². The van der Waals surface area contributed by atoms with Crippen LogP contribution in [0.1, 0.15) is 72.6 Å². The lowest BCUT2D eigenvalue weighted by molar-refractivity contribution is -0.0913. The smallest absolute Gasteiger partial charge is 0.373 e. The second-order valence-electron chi connectivity index (χ2n) is 7.05. The van der Waals surface area contributed by atoms with Crippen molar-refractivity contribution in [1.29, 1.82) is 0 Å². The van der Waals surface area contributed by atoms with Crippen LogP contribution >= 0.6 is 0 Å². The Morgan fingerprint density at radius 2 is 1.54 bits per heavy atom. The molecular formula is C18H40N2O3Si. The van der Waals surface area contributed by atoms with E-state index in [0.717, 1.165) is 51.0 Å². The molecule has 0 saturated carbocycles. The molecule has 0 bridgehead atoms. The minimum Gasteiger partial charge on any atom is -0.393 e. The highest BCUT2D eigenvalue weighted by molar-refractivity contribution is 6.71. The summed E-state index contributed by atoms with van der Waals surface area (Å²) in [5, 5.41) is -0.553. The number of ether oxygens (including phenoxy) is 1. The lowest BCUT2D eigenvalue weighted by Gasteiger charge is -2.57. The molecule has 0 aromatic carbocycles. The van der Waals surface area contributed by atoms with Crippen molar-refractivity contribution < 1.29 is 13.6 Å². The number of hydrogen-bond donors (Lipinski definition) is 2. The first-order valence-corrected chi connectivity index (χ1v) is 11.9. The molecule has 24 heavy (non-hydrogen) atoms. The third-order valence-corrected chi connectivity index (χ3v) is 9.81. The van der Waals surface area contributed by atoms with Gasteiger partial charge in [-0.1, -0.05) is 40.5 Å². The first kappa shape index (κ1) is 22.1. The molecule has 5 nitrogen and oxygen atoms in total. The van der Waals surface area contributed by atoms with E-state index in [1.807, 2.05) is 0 Å². The maximum atomic E-state index is 6.89. The van der Waals surface area contributed by atoms with Gasteiger partial charge in [0.1, 0.15) is 5.22 Å². The van der Waals surface area contributed by atoms with E-state index in [-0.39, 0.29) is 0 Å². The van der Waals surface area contributed by atoms with Crippen molar-refractivity contribution in [2.24, 2.45) is 11.5 Å². The molecule has 0 aliphatic carbocycles. The van der Waals surface area contributed by atoms with Crippen LogP contribution in [0.5, 0.6) is 0 Å². The molecule has 2 atom stereocenters. The van der Waals surface area contributed by atoms with Gasteiger partial charge in [-0.3, -0.25) is 0 Å². The molecule has 0 amide bonds. The highest BCUT2D eigenvalue weighted by Crippen LogP contribution is 2.47. The summed E-state index contributed by atoms with van der Waals surface area (Å²) in [6.45, 7) is 11.0. The van der Waals surface area contributed by atoms with E-state index >= 15 is 0 Å². The largest absolute Gasteiger partial charge is 0.393 e. The molecule has 1 aliphatic heterocycles. The summed E-state index contributed by atoms with van der Waals surface area (Å²) in [6.07, 6.45) is 6.80. The van der Waals surface area contributed by atoms with Gasteiger partial charge in [-0.15, -0.1) is 0 Å². The molecule has 1 rings (SSSR count). The maximum Gasteiger partial charge on any atom is 0.373 e. The van der Waals surface area contributed by atoms with Gasteiger partial charge in [0.2, 0.25) is 0 Å². The van der Waals surface area contributed by atoms with E-state index in [9.17, 15) is 0 Å². The SMILES string of the molecule is CCCOC1(C(N)(CC)CN)CCCC[Si]1(OCCC)OCCC. The van der Waals surface area contributed by atoms with Crippen LogP contribution in [0.3, 0.4) is 0 Å². The Kier molecular flexibility index (Phi) is 9.41. The number of hydrogen-bond acceptors (Lipinski definition) is 5. The molecular weight excluding hydrogens is 320 g/mol. The second kappa shape index (κ2) is 10.2. The van der Waals surface area contributed by atoms with Crippen LogP contribution in [0.4, 0.5) is 0 Å². The third-order valence-electron chi connectivity index (χ3n) is 5.33. The van der Waals surface area contributed by atoms with Crippen LogP contribution in [0.15, 0.2) is 0 Å². The Bertz CT molecular complexity index is 345. The molecule has 0 aromatic heterocycles. The van der Waals surface area contributed by atoms with Crippen LogP contribution < -0.4 is 11.5 Å². The number of rotatable bonds is 12. The van der Waals surface area contributed by atoms with Crippen molar-refractivity contribution in [1.82, 2.24) is 0 Å². The van der Waals surface area contributed by atoms with Crippen molar-refractivity contribution >= 4 is 8.56 Å². The zero-order chi connectivity index (χ0) is 18.1. The van der Waals surface area contributed by atoms with E-state index in [1.165, 1.54) is 0 Å². The Hall–Kier alpha value is 0.0169. The van der Waals surface area contributed by atoms with Crippen LogP contribution in [0.25, 0.3) is 0 Å². The lowest BCUT2D eigenvalue weighted by atomic mass is 9.86. The minimum absolute atomic E-state index is 0.396. The summed E-state index contributed by atoms with van der Waals surface area (Å²) in [5.74, 6) is 0. The molecule has 4 N–H and O–H groups in total. The standard InChI is InChI=1S/C18H40N2O3Si/c1-5-12-21-18(17(20,8-4)16-19)11-9-10-15-24(18,22-13-6-2)23-14-7-3/h5-16,19-20H2,1-4H3. The fraction of sp³-hybridized carbons (Fsp3) is 1.00. The van der Waals surface area contributed by atoms with E-state index < -0.39 is 19.3 Å². The van der Waals surface area contributed by atoms with E-state index in [0.29, 0.717) is 26.4 Å². The summed E-state index contributed by atoms with van der Waals surface area (Å²) in [6, 6.07) is 0.954. The molecule has 144 valence electrons. The zero-order valence-electron chi connectivity index (χ0n) is 16.4. The van der Waals surface area contributed by atoms with Crippen LogP contribution in [0.2, 0.25) is 6.04 Å². The summed E-state index contributed by atoms with van der Waals surface area (Å²) in [7, 11) is -2.65. The molecule has 0 spiro atoms. The van der Waals surface area contributed by atoms with Gasteiger partial charge >= 0.3 is 8.56 Å². The van der Waals surface area contributed by atoms with Crippen LogP contribution in [0, 0.1) is 0 Å². The molecule has 6 heteroatoms. The monoisotopic (exact) mass is 360 g/mol. The molecule has 2 unspecified atom stereocenters. The number of nitrogens with two attached hydrogens (primary N) is 2. The Morgan fingerprint density at radius 1 is 0.958 bits per heavy atom. The minimum atomic E-state index is -2.65. The fourth-order valence-corrected chi connectivity index (χ4v) is 8.84. The third kappa shape index (κ3) is 4.22. The summed E-state index contributed by atoms with van der Waals surface area (Å²) in [5.41, 5.74) is 12.5. The predicted octanol–water partition coefficient (Wildman–Crippen LogP) is 3.24. The molecule has 1 fully saturated rings. The average Bonchev–Trinajstić information content (AvgIpc) is 2.63. The first-order valence-electron chi connectivity index (χ1n) is 9.92. The van der Waals surface area contributed by atoms with Crippen molar-refractivity contribution in [3.8, 4) is 0 Å². The second-order valence-corrected chi connectivity index (χ2v) is 10.4. The van der Waals surface area contributed by atoms with Gasteiger partial charge in [0.25, 0.3) is 0 Å². The van der Waals surface area contributed by atoms with Gasteiger partial charge in [-0.05, 0) is 38.1 Å². The summed E-state index contributed by atoms with van der Waals surface area (Å²) >= 11 is 0. The lowest BCUT2D eigenvalue weighted by Crippen LogP contribution is -2.80. The molecule has 0 radical (unpaired) electrons. The van der Waals surface area contributed by atoms with Gasteiger partial charge in [-0.2, -0.15) is 0 Å². The van der Waals surface area contributed by atoms with Gasteiger partial charge in [0.05, 0.1) is 5.54 Å². The van der Waals surface area contributed by atoms with Crippen molar-refractivity contribution in [2.45, 2.75) is 89.4 Å². The van der Waals surface area contributed by atoms with Crippen molar-refractivity contribution in [3.63, 3.8) is 0 Å². The molecule has 1 aliphatic rings. The van der Waals surface area contributed by atoms with Gasteiger partial charge in [0, 0.05) is 26.4 Å². The zero-order valence-corrected chi connectivity index (χ0v) is 17.4. The molecule has 1 heterocycles. The first-order chi connectivity index (χ1) is 11.5. The average molecular weight is 361 g/mol. The Balaban J connectivity index is 3.37. The predicted molar refractivity (Wildman–Crippen MR) is 102 cm³/mol. The van der Waals surface area contributed by atoms with Gasteiger partial charge in [0.15, 0.2) is 0 Å². The van der Waals surface area contributed by atoms with E-state index in [2.05, 4.69) is 27.7 Å². The molecule has 0 aromatic rings. The quantitative estimate of drug-likeness (QED) is 0.522. The maximum absolute atomic E-state index is 6.89. The highest BCUT2D eigenvalue weighted by atomic mass is 28.4. The van der Waals surface area contributed by atoms with Crippen molar-refractivity contribution in [3.05, 3.63) is 0 Å². The van der Waals surface area contributed by atoms with E-state index in [4.69, 9.17) is 25.1 Å². The fourth-order valence-electron chi connectivity index (χ4n) is 3.90. The van der Waals surface area contributed by atoms with Gasteiger partial charge in [-0.25, -0.2) is 0 Å². The van der Waals surface area contributed by atoms with E-state index in [1.54, 1.807) is 0 Å². The summed E-state index contributed by atoms with van der Waals surface area (Å²) < 4.78 is 19.7. The summed E-state index contributed by atoms with van der Waals surface area (Å²) in [4.78, 5) is 0. The normalized spacial score (nSPS) is 26.2. The Labute approximate surface area is 150 Å². The Morgan fingerprint density at radius 3 is 2.00 bits per heavy atom. The van der Waals surface area contributed by atoms with Gasteiger partial charge < -0.3 is 25.1 Å². The highest BCUT2D eigenvalue weighted by Gasteiger charge is 2.67. The topological polar surface area (TPSA) is 79.7 Å². The van der Waals surface area contributed by atoms with Crippen LogP contribution in [-0.2, 0) is 13.6 Å². The van der Waals surface area contributed by atoms with Crippen LogP contribution in [-0.4, -0.2) is 45.7 Å². The molecule has 1 saturated heterocycles.